The number of amides is 1. The molecule has 7 heteroatoms. The molecule has 168 valence electrons. The topological polar surface area (TPSA) is 57.0 Å². The van der Waals surface area contributed by atoms with Gasteiger partial charge in [0.05, 0.1) is 34.5 Å². The molecule has 2 aliphatic rings. The van der Waals surface area contributed by atoms with Crippen molar-refractivity contribution in [3.63, 3.8) is 0 Å². The highest BCUT2D eigenvalue weighted by Gasteiger charge is 2.30. The Hall–Kier alpha value is -3.19. The molecule has 1 saturated heterocycles. The Morgan fingerprint density at radius 2 is 2.00 bits per heavy atom. The fraction of sp³-hybridized carbons (Fsp3) is 0.400. The molecule has 1 amide bonds. The fourth-order valence-corrected chi connectivity index (χ4v) is 4.28. The molecular weight excluding hydrogens is 400 g/mol. The molecular formula is C25H32N6O. The molecule has 4 rings (SSSR count). The van der Waals surface area contributed by atoms with Crippen LogP contribution in [0.1, 0.15) is 30.9 Å². The molecule has 0 saturated carbocycles. The van der Waals surface area contributed by atoms with Gasteiger partial charge < -0.3 is 9.80 Å². The van der Waals surface area contributed by atoms with Gasteiger partial charge in [0.25, 0.3) is 5.91 Å². The number of fused-ring (bicyclic) bond motifs is 1. The Bertz CT molecular complexity index is 1110. The molecule has 0 spiro atoms. The minimum atomic E-state index is -0.139. The first kappa shape index (κ1) is 22.0. The second-order valence-electron chi connectivity index (χ2n) is 8.54. The van der Waals surface area contributed by atoms with E-state index in [0.29, 0.717) is 11.6 Å². The van der Waals surface area contributed by atoms with E-state index in [2.05, 4.69) is 40.3 Å². The highest BCUT2D eigenvalue weighted by molar-refractivity contribution is 5.94. The van der Waals surface area contributed by atoms with Crippen molar-refractivity contribution < 1.29 is 4.79 Å². The molecule has 0 aromatic carbocycles. The van der Waals surface area contributed by atoms with Gasteiger partial charge in [-0.2, -0.15) is 5.10 Å². The summed E-state index contributed by atoms with van der Waals surface area (Å²) >= 11 is 0. The number of carbonyl (C=O) groups is 1. The van der Waals surface area contributed by atoms with Crippen LogP contribution in [0.15, 0.2) is 54.7 Å². The van der Waals surface area contributed by atoms with Crippen LogP contribution in [-0.2, 0) is 4.79 Å². The van der Waals surface area contributed by atoms with Crippen molar-refractivity contribution in [2.24, 2.45) is 5.92 Å². The van der Waals surface area contributed by atoms with E-state index in [1.54, 1.807) is 21.6 Å². The number of aryl methyl sites for hydroxylation is 2. The average molecular weight is 433 g/mol. The predicted molar refractivity (Wildman–Crippen MR) is 128 cm³/mol. The molecule has 0 unspecified atom stereocenters. The smallest absolute Gasteiger partial charge is 0.255 e. The van der Waals surface area contributed by atoms with Gasteiger partial charge in [-0.05, 0) is 51.2 Å². The van der Waals surface area contributed by atoms with Crippen LogP contribution in [0.2, 0.25) is 0 Å². The zero-order valence-corrected chi connectivity index (χ0v) is 19.5. The number of rotatable bonds is 7. The molecule has 7 nitrogen and oxygen atoms in total. The molecule has 0 bridgehead atoms. The SMILES string of the molecule is C=C1C=CC(N2CC(CN(CC)CC)C2)=CN1C(=O)C=Cc1cc2c(C)nc(C)cn2n1. The minimum Gasteiger partial charge on any atom is -0.370 e. The van der Waals surface area contributed by atoms with Gasteiger partial charge >= 0.3 is 0 Å². The van der Waals surface area contributed by atoms with Crippen LogP contribution in [0.25, 0.3) is 11.6 Å². The molecule has 2 aromatic rings. The van der Waals surface area contributed by atoms with E-state index in [1.165, 1.54) is 0 Å². The van der Waals surface area contributed by atoms with Crippen molar-refractivity contribution >= 4 is 17.5 Å². The first-order valence-electron chi connectivity index (χ1n) is 11.3. The summed E-state index contributed by atoms with van der Waals surface area (Å²) in [6, 6.07) is 1.94. The number of hydrogen-bond donors (Lipinski definition) is 0. The number of nitrogens with zero attached hydrogens (tertiary/aromatic N) is 6. The quantitative estimate of drug-likeness (QED) is 0.628. The van der Waals surface area contributed by atoms with Crippen LogP contribution >= 0.6 is 0 Å². The second-order valence-corrected chi connectivity index (χ2v) is 8.54. The average Bonchev–Trinajstić information content (AvgIpc) is 3.15. The minimum absolute atomic E-state index is 0.139. The first-order valence-corrected chi connectivity index (χ1v) is 11.3. The van der Waals surface area contributed by atoms with Gasteiger partial charge in [0.2, 0.25) is 0 Å². The van der Waals surface area contributed by atoms with Crippen LogP contribution in [0.3, 0.4) is 0 Å². The van der Waals surface area contributed by atoms with Gasteiger partial charge in [-0.1, -0.05) is 20.4 Å². The first-order chi connectivity index (χ1) is 15.4. The second kappa shape index (κ2) is 9.12. The number of hydrogen-bond acceptors (Lipinski definition) is 5. The van der Waals surface area contributed by atoms with Crippen LogP contribution < -0.4 is 0 Å². The molecule has 2 aliphatic heterocycles. The molecule has 0 radical (unpaired) electrons. The lowest BCUT2D eigenvalue weighted by atomic mass is 9.98. The molecule has 0 atom stereocenters. The van der Waals surface area contributed by atoms with Crippen molar-refractivity contribution in [2.45, 2.75) is 27.7 Å². The molecule has 0 aliphatic carbocycles. The van der Waals surface area contributed by atoms with Gasteiger partial charge in [-0.3, -0.25) is 14.7 Å². The van der Waals surface area contributed by atoms with E-state index in [0.717, 1.165) is 61.0 Å². The van der Waals surface area contributed by atoms with E-state index >= 15 is 0 Å². The summed E-state index contributed by atoms with van der Waals surface area (Å²) in [4.78, 5) is 23.8. The van der Waals surface area contributed by atoms with E-state index in [1.807, 2.05) is 44.5 Å². The van der Waals surface area contributed by atoms with E-state index in [4.69, 9.17) is 0 Å². The summed E-state index contributed by atoms with van der Waals surface area (Å²) in [6.45, 7) is 17.7. The Kier molecular flexibility index (Phi) is 6.28. The maximum Gasteiger partial charge on any atom is 0.255 e. The zero-order chi connectivity index (χ0) is 22.8. The van der Waals surface area contributed by atoms with Crippen molar-refractivity contribution in [2.75, 3.05) is 32.7 Å². The van der Waals surface area contributed by atoms with Crippen molar-refractivity contribution in [1.82, 2.24) is 29.3 Å². The largest absolute Gasteiger partial charge is 0.370 e. The Morgan fingerprint density at radius 1 is 1.25 bits per heavy atom. The highest BCUT2D eigenvalue weighted by atomic mass is 16.2. The number of allylic oxidation sites excluding steroid dienone is 2. The molecule has 4 heterocycles. The predicted octanol–water partition coefficient (Wildman–Crippen LogP) is 3.39. The molecule has 2 aromatic heterocycles. The lowest BCUT2D eigenvalue weighted by Crippen LogP contribution is -2.51. The van der Waals surface area contributed by atoms with Crippen LogP contribution in [0.4, 0.5) is 0 Å². The zero-order valence-electron chi connectivity index (χ0n) is 19.5. The summed E-state index contributed by atoms with van der Waals surface area (Å²) in [5.41, 5.74) is 5.20. The van der Waals surface area contributed by atoms with Crippen LogP contribution in [-0.4, -0.2) is 67.9 Å². The third-order valence-electron chi connectivity index (χ3n) is 6.16. The van der Waals surface area contributed by atoms with E-state index < -0.39 is 0 Å². The molecule has 0 N–H and O–H groups in total. The third kappa shape index (κ3) is 4.53. The lowest BCUT2D eigenvalue weighted by molar-refractivity contribution is -0.122. The van der Waals surface area contributed by atoms with E-state index in [9.17, 15) is 4.79 Å². The Labute approximate surface area is 190 Å². The number of aromatic nitrogens is 3. The van der Waals surface area contributed by atoms with Gasteiger partial charge in [-0.15, -0.1) is 0 Å². The summed E-state index contributed by atoms with van der Waals surface area (Å²) in [5.74, 6) is 0.537. The third-order valence-corrected chi connectivity index (χ3v) is 6.16. The van der Waals surface area contributed by atoms with Crippen LogP contribution in [0, 0.1) is 19.8 Å². The normalized spacial score (nSPS) is 17.0. The summed E-state index contributed by atoms with van der Waals surface area (Å²) in [5, 5.41) is 4.54. The lowest BCUT2D eigenvalue weighted by Gasteiger charge is -2.44. The Morgan fingerprint density at radius 3 is 2.72 bits per heavy atom. The van der Waals surface area contributed by atoms with Gasteiger partial charge in [0.15, 0.2) is 0 Å². The highest BCUT2D eigenvalue weighted by Crippen LogP contribution is 2.26. The molecule has 32 heavy (non-hydrogen) atoms. The maximum atomic E-state index is 12.9. The Balaban J connectivity index is 1.42. The monoisotopic (exact) mass is 432 g/mol. The van der Waals surface area contributed by atoms with Crippen molar-refractivity contribution in [3.05, 3.63) is 71.7 Å². The van der Waals surface area contributed by atoms with Gasteiger partial charge in [-0.25, -0.2) is 4.52 Å². The summed E-state index contributed by atoms with van der Waals surface area (Å²) in [6.07, 6.45) is 11.0. The standard InChI is InChI=1S/C25H32N6O/c1-6-28(7-2)14-21-15-29(16-21)23-10-8-19(4)30(17-23)25(32)11-9-22-12-24-20(5)26-18(3)13-31(24)27-22/h8-13,17,21H,4,6-7,14-16H2,1-3,5H3. The molecule has 1 fully saturated rings. The summed E-state index contributed by atoms with van der Waals surface area (Å²) in [7, 11) is 0. The summed E-state index contributed by atoms with van der Waals surface area (Å²) < 4.78 is 1.81. The van der Waals surface area contributed by atoms with Crippen molar-refractivity contribution in [1.29, 1.82) is 0 Å². The van der Waals surface area contributed by atoms with Gasteiger partial charge in [0, 0.05) is 43.5 Å². The van der Waals surface area contributed by atoms with Crippen molar-refractivity contribution in [3.8, 4) is 0 Å². The van der Waals surface area contributed by atoms with E-state index in [-0.39, 0.29) is 5.91 Å². The fourth-order valence-electron chi connectivity index (χ4n) is 4.28. The van der Waals surface area contributed by atoms with Gasteiger partial charge in [0.1, 0.15) is 0 Å². The van der Waals surface area contributed by atoms with Crippen LogP contribution in [0.5, 0.6) is 0 Å². The maximum absolute atomic E-state index is 12.9. The number of carbonyl (C=O) groups excluding carboxylic acids is 1. The number of likely N-dealkylation sites (tertiary alicyclic amines) is 1.